The number of carbonyl (C=O) groups excluding carboxylic acids is 2. The Morgan fingerprint density at radius 3 is 2.26 bits per heavy atom. The lowest BCUT2D eigenvalue weighted by Crippen LogP contribution is -2.61. The molecule has 19 heavy (non-hydrogen) atoms. The first-order valence-corrected chi connectivity index (χ1v) is 7.44. The third-order valence-corrected chi connectivity index (χ3v) is 5.18. The van der Waals surface area contributed by atoms with Crippen molar-refractivity contribution in [1.29, 1.82) is 0 Å². The lowest BCUT2D eigenvalue weighted by atomic mass is 10.0. The first-order chi connectivity index (χ1) is 8.73. The lowest BCUT2D eigenvalue weighted by Gasteiger charge is -2.33. The highest BCUT2D eigenvalue weighted by Gasteiger charge is 2.54. The molecule has 1 aliphatic heterocycles. The number of thioether (sulfide) groups is 1. The molecule has 4 atom stereocenters. The molecule has 5 nitrogen and oxygen atoms in total. The van der Waals surface area contributed by atoms with E-state index in [9.17, 15) is 19.5 Å². The van der Waals surface area contributed by atoms with Gasteiger partial charge in [-0.15, -0.1) is 0 Å². The van der Waals surface area contributed by atoms with Gasteiger partial charge in [0.15, 0.2) is 5.12 Å². The smallest absolute Gasteiger partial charge is 0.435 e. The third-order valence-electron chi connectivity index (χ3n) is 4.07. The number of nitrogens with zero attached hydrogens (tertiary/aromatic N) is 1. The maximum absolute atomic E-state index is 12.6. The van der Waals surface area contributed by atoms with Gasteiger partial charge in [-0.2, -0.15) is 9.28 Å². The molecular weight excluding hydrogens is 266 g/mol. The fraction of sp³-hybridized carbons (Fsp3) is 0.769. The summed E-state index contributed by atoms with van der Waals surface area (Å²) < 4.78 is -0.482. The molecule has 0 aromatic rings. The van der Waals surface area contributed by atoms with Crippen LogP contribution in [0, 0.1) is 5.92 Å². The fourth-order valence-corrected chi connectivity index (χ4v) is 3.55. The van der Waals surface area contributed by atoms with Gasteiger partial charge in [-0.1, -0.05) is 18.7 Å². The summed E-state index contributed by atoms with van der Waals surface area (Å²) in [6, 6.07) is -0.193. The highest BCUT2D eigenvalue weighted by molar-refractivity contribution is 8.14. The van der Waals surface area contributed by atoms with E-state index in [0.29, 0.717) is 6.54 Å². The highest BCUT2D eigenvalue weighted by Crippen LogP contribution is 2.33. The summed E-state index contributed by atoms with van der Waals surface area (Å²) >= 11 is 1.10. The second-order valence-corrected chi connectivity index (χ2v) is 6.86. The molecule has 1 fully saturated rings. The van der Waals surface area contributed by atoms with E-state index in [1.807, 2.05) is 6.92 Å². The molecule has 3 unspecified atom stereocenters. The predicted molar refractivity (Wildman–Crippen MR) is 73.8 cm³/mol. The van der Waals surface area contributed by atoms with Gasteiger partial charge >= 0.3 is 12.0 Å². The Bertz CT molecular complexity index is 398. The number of quaternary nitrogens is 1. The van der Waals surface area contributed by atoms with Crippen molar-refractivity contribution in [1.82, 2.24) is 0 Å². The zero-order valence-corrected chi connectivity index (χ0v) is 12.7. The Labute approximate surface area is 117 Å². The Hall–Kier alpha value is -0.880. The Kier molecular flexibility index (Phi) is 5.15. The SMILES string of the molecule is CC(=O)SC(C)C(C)C(=O)[N+]1(C(=O)O)CCC[C@H]1C. The van der Waals surface area contributed by atoms with E-state index < -0.39 is 16.5 Å². The molecule has 1 saturated heterocycles. The summed E-state index contributed by atoms with van der Waals surface area (Å²) in [7, 11) is 0. The lowest BCUT2D eigenvalue weighted by molar-refractivity contribution is -0.794. The molecule has 0 bridgehead atoms. The van der Waals surface area contributed by atoms with Crippen molar-refractivity contribution < 1.29 is 24.0 Å². The predicted octanol–water partition coefficient (Wildman–Crippen LogP) is 2.49. The molecule has 1 N–H and O–H groups in total. The van der Waals surface area contributed by atoms with Crippen LogP contribution in [0.5, 0.6) is 0 Å². The van der Waals surface area contributed by atoms with E-state index in [4.69, 9.17) is 0 Å². The molecular formula is C13H22NO4S+. The standard InChI is InChI=1S/C13H21NO4S/c1-8-6-5-7-14(8,13(17)18)12(16)9(2)10(3)19-11(4)15/h8-10H,5-7H2,1-4H3/p+1/t8-,9?,10?,14?/m1/s1. The molecule has 0 aromatic carbocycles. The van der Waals surface area contributed by atoms with Crippen LogP contribution in [0.15, 0.2) is 0 Å². The summed E-state index contributed by atoms with van der Waals surface area (Å²) in [5.74, 6) is -0.732. The average Bonchev–Trinajstić information content (AvgIpc) is 2.69. The molecule has 0 saturated carbocycles. The van der Waals surface area contributed by atoms with Gasteiger partial charge in [0.1, 0.15) is 6.04 Å². The van der Waals surface area contributed by atoms with Gasteiger partial charge in [0, 0.05) is 25.0 Å². The van der Waals surface area contributed by atoms with Gasteiger partial charge in [0.2, 0.25) is 0 Å². The summed E-state index contributed by atoms with van der Waals surface area (Å²) in [5, 5.41) is 9.24. The van der Waals surface area contributed by atoms with Crippen LogP contribution in [-0.4, -0.2) is 44.5 Å². The highest BCUT2D eigenvalue weighted by atomic mass is 32.2. The number of amides is 2. The molecule has 1 heterocycles. The minimum absolute atomic E-state index is 0.0523. The van der Waals surface area contributed by atoms with Gasteiger partial charge in [-0.05, 0) is 13.8 Å². The van der Waals surface area contributed by atoms with E-state index in [-0.39, 0.29) is 22.3 Å². The van der Waals surface area contributed by atoms with Crippen molar-refractivity contribution in [3.63, 3.8) is 0 Å². The quantitative estimate of drug-likeness (QED) is 0.808. The van der Waals surface area contributed by atoms with Crippen LogP contribution in [0.1, 0.15) is 40.5 Å². The first-order valence-electron chi connectivity index (χ1n) is 6.56. The normalized spacial score (nSPS) is 29.8. The molecule has 0 radical (unpaired) electrons. The molecule has 1 aliphatic rings. The molecule has 0 spiro atoms. The van der Waals surface area contributed by atoms with Crippen LogP contribution in [0.2, 0.25) is 0 Å². The number of carboxylic acid groups (broad SMARTS) is 1. The summed E-state index contributed by atoms with van der Waals surface area (Å²) in [4.78, 5) is 35.3. The number of carbonyl (C=O) groups is 3. The molecule has 1 rings (SSSR count). The summed E-state index contributed by atoms with van der Waals surface area (Å²) in [6.45, 7) is 7.15. The second kappa shape index (κ2) is 6.05. The van der Waals surface area contributed by atoms with Crippen LogP contribution in [-0.2, 0) is 9.59 Å². The zero-order chi connectivity index (χ0) is 14.8. The Morgan fingerprint density at radius 2 is 1.89 bits per heavy atom. The van der Waals surface area contributed by atoms with Crippen molar-refractivity contribution in [3.05, 3.63) is 0 Å². The van der Waals surface area contributed by atoms with Crippen molar-refractivity contribution in [3.8, 4) is 0 Å². The van der Waals surface area contributed by atoms with Crippen LogP contribution in [0.25, 0.3) is 0 Å². The Morgan fingerprint density at radius 1 is 1.32 bits per heavy atom. The monoisotopic (exact) mass is 288 g/mol. The minimum Gasteiger partial charge on any atom is -0.435 e. The van der Waals surface area contributed by atoms with E-state index in [1.54, 1.807) is 13.8 Å². The van der Waals surface area contributed by atoms with Crippen LogP contribution in [0.3, 0.4) is 0 Å². The van der Waals surface area contributed by atoms with Gasteiger partial charge in [-0.25, -0.2) is 4.79 Å². The largest absolute Gasteiger partial charge is 0.521 e. The molecule has 0 aliphatic carbocycles. The summed E-state index contributed by atoms with van der Waals surface area (Å²) in [6.07, 6.45) is 0.431. The van der Waals surface area contributed by atoms with Crippen LogP contribution < -0.4 is 0 Å². The maximum Gasteiger partial charge on any atom is 0.521 e. The molecule has 2 amide bonds. The second-order valence-electron chi connectivity index (χ2n) is 5.31. The molecule has 0 aromatic heterocycles. The van der Waals surface area contributed by atoms with Crippen molar-refractivity contribution in [2.45, 2.75) is 51.8 Å². The van der Waals surface area contributed by atoms with E-state index in [2.05, 4.69) is 0 Å². The fourth-order valence-electron chi connectivity index (χ4n) is 2.71. The van der Waals surface area contributed by atoms with Gasteiger partial charge in [-0.3, -0.25) is 4.79 Å². The van der Waals surface area contributed by atoms with Crippen LogP contribution in [0.4, 0.5) is 4.79 Å². The number of imide groups is 1. The van der Waals surface area contributed by atoms with E-state index >= 15 is 0 Å². The van der Waals surface area contributed by atoms with Gasteiger partial charge < -0.3 is 5.11 Å². The zero-order valence-electron chi connectivity index (χ0n) is 11.9. The van der Waals surface area contributed by atoms with E-state index in [0.717, 1.165) is 24.6 Å². The number of hydrogen-bond donors (Lipinski definition) is 1. The maximum atomic E-state index is 12.6. The number of hydrogen-bond acceptors (Lipinski definition) is 4. The summed E-state index contributed by atoms with van der Waals surface area (Å²) in [5.41, 5.74) is 0. The number of rotatable bonds is 3. The molecule has 108 valence electrons. The first kappa shape index (κ1) is 16.2. The van der Waals surface area contributed by atoms with Crippen molar-refractivity contribution in [2.24, 2.45) is 5.92 Å². The van der Waals surface area contributed by atoms with Gasteiger partial charge in [0.05, 0.1) is 12.5 Å². The van der Waals surface area contributed by atoms with Crippen molar-refractivity contribution in [2.75, 3.05) is 6.54 Å². The van der Waals surface area contributed by atoms with Crippen LogP contribution >= 0.6 is 11.8 Å². The third kappa shape index (κ3) is 3.00. The topological polar surface area (TPSA) is 71.4 Å². The number of likely N-dealkylation sites (tertiary alicyclic amines) is 1. The van der Waals surface area contributed by atoms with E-state index in [1.165, 1.54) is 6.92 Å². The average molecular weight is 288 g/mol. The molecule has 6 heteroatoms. The van der Waals surface area contributed by atoms with Crippen molar-refractivity contribution >= 4 is 28.9 Å². The minimum atomic E-state index is -1.07. The Balaban J connectivity index is 2.95. The van der Waals surface area contributed by atoms with Gasteiger partial charge in [0.25, 0.3) is 0 Å².